The van der Waals surface area contributed by atoms with Crippen LogP contribution >= 0.6 is 0 Å². The van der Waals surface area contributed by atoms with Crippen LogP contribution in [0.2, 0.25) is 0 Å². The minimum atomic E-state index is -0.144. The Hall–Kier alpha value is -2.92. The number of nitrogens with one attached hydrogen (secondary N) is 1. The molecule has 1 fully saturated rings. The number of ether oxygens (including phenoxy) is 1. The molecule has 28 heavy (non-hydrogen) atoms. The van der Waals surface area contributed by atoms with E-state index >= 15 is 0 Å². The van der Waals surface area contributed by atoms with Crippen molar-refractivity contribution in [3.05, 3.63) is 60.2 Å². The topological polar surface area (TPSA) is 62.4 Å². The van der Waals surface area contributed by atoms with E-state index in [2.05, 4.69) is 9.88 Å². The number of aromatic amines is 1. The number of carbonyl (C=O) groups is 2. The first-order valence-electron chi connectivity index (χ1n) is 9.67. The van der Waals surface area contributed by atoms with Crippen LogP contribution in [-0.2, 0) is 9.53 Å². The molecule has 0 aliphatic carbocycles. The second-order valence-corrected chi connectivity index (χ2v) is 7.28. The van der Waals surface area contributed by atoms with Crippen molar-refractivity contribution < 1.29 is 14.3 Å². The summed E-state index contributed by atoms with van der Waals surface area (Å²) in [7, 11) is 1.43. The minimum Gasteiger partial charge on any atom is -0.469 e. The smallest absolute Gasteiger partial charge is 0.308 e. The van der Waals surface area contributed by atoms with E-state index in [0.717, 1.165) is 53.7 Å². The SMILES string of the molecule is COC(=O)C1CCN(CC(=O)c2c(-c3ccccc3)[nH]c3ccccc23)CC1. The van der Waals surface area contributed by atoms with Crippen LogP contribution in [0, 0.1) is 5.92 Å². The van der Waals surface area contributed by atoms with Crippen LogP contribution in [0.1, 0.15) is 23.2 Å². The number of likely N-dealkylation sites (tertiary alicyclic amines) is 1. The fourth-order valence-corrected chi connectivity index (χ4v) is 4.03. The molecule has 5 nitrogen and oxygen atoms in total. The number of hydrogen-bond donors (Lipinski definition) is 1. The summed E-state index contributed by atoms with van der Waals surface area (Å²) in [6.07, 6.45) is 1.47. The van der Waals surface area contributed by atoms with Gasteiger partial charge in [-0.15, -0.1) is 0 Å². The van der Waals surface area contributed by atoms with E-state index in [1.165, 1.54) is 7.11 Å². The van der Waals surface area contributed by atoms with Crippen molar-refractivity contribution >= 4 is 22.7 Å². The fourth-order valence-electron chi connectivity index (χ4n) is 4.03. The van der Waals surface area contributed by atoms with E-state index in [9.17, 15) is 9.59 Å². The number of Topliss-reactive ketones (excluding diaryl/α,β-unsaturated/α-hetero) is 1. The van der Waals surface area contributed by atoms with Crippen molar-refractivity contribution in [2.75, 3.05) is 26.7 Å². The summed E-state index contributed by atoms with van der Waals surface area (Å²) in [5.74, 6) is -0.0916. The summed E-state index contributed by atoms with van der Waals surface area (Å²) in [6, 6.07) is 17.9. The Morgan fingerprint density at radius 1 is 1.04 bits per heavy atom. The van der Waals surface area contributed by atoms with Crippen LogP contribution in [-0.4, -0.2) is 48.4 Å². The lowest BCUT2D eigenvalue weighted by Crippen LogP contribution is -2.39. The van der Waals surface area contributed by atoms with Gasteiger partial charge in [0.2, 0.25) is 0 Å². The van der Waals surface area contributed by atoms with Gasteiger partial charge in [0.15, 0.2) is 5.78 Å². The van der Waals surface area contributed by atoms with Gasteiger partial charge in [0.1, 0.15) is 0 Å². The molecular formula is C23H24N2O3. The molecule has 1 aromatic heterocycles. The number of ketones is 1. The Labute approximate surface area is 164 Å². The zero-order valence-corrected chi connectivity index (χ0v) is 16.0. The first-order chi connectivity index (χ1) is 13.7. The molecule has 1 aliphatic rings. The van der Waals surface area contributed by atoms with Crippen molar-refractivity contribution in [1.82, 2.24) is 9.88 Å². The van der Waals surface area contributed by atoms with Crippen LogP contribution in [0.25, 0.3) is 22.2 Å². The van der Waals surface area contributed by atoms with E-state index < -0.39 is 0 Å². The van der Waals surface area contributed by atoms with Gasteiger partial charge in [-0.3, -0.25) is 14.5 Å². The van der Waals surface area contributed by atoms with Crippen LogP contribution in [0.3, 0.4) is 0 Å². The number of benzene rings is 2. The lowest BCUT2D eigenvalue weighted by Gasteiger charge is -2.30. The number of H-pyrrole nitrogens is 1. The van der Waals surface area contributed by atoms with E-state index in [-0.39, 0.29) is 17.7 Å². The highest BCUT2D eigenvalue weighted by molar-refractivity contribution is 6.14. The first kappa shape index (κ1) is 18.4. The van der Waals surface area contributed by atoms with Gasteiger partial charge in [-0.05, 0) is 37.6 Å². The monoisotopic (exact) mass is 376 g/mol. The van der Waals surface area contributed by atoms with E-state index in [4.69, 9.17) is 4.74 Å². The third-order valence-electron chi connectivity index (χ3n) is 5.54. The Balaban J connectivity index is 1.59. The van der Waals surface area contributed by atoms with E-state index in [0.29, 0.717) is 6.54 Å². The van der Waals surface area contributed by atoms with Crippen LogP contribution in [0.5, 0.6) is 0 Å². The summed E-state index contributed by atoms with van der Waals surface area (Å²) in [5.41, 5.74) is 3.59. The molecule has 0 radical (unpaired) electrons. The number of para-hydroxylation sites is 1. The maximum absolute atomic E-state index is 13.3. The average Bonchev–Trinajstić information content (AvgIpc) is 3.14. The quantitative estimate of drug-likeness (QED) is 0.542. The molecule has 4 rings (SSSR count). The summed E-state index contributed by atoms with van der Waals surface area (Å²) >= 11 is 0. The lowest BCUT2D eigenvalue weighted by molar-refractivity contribution is -0.146. The largest absolute Gasteiger partial charge is 0.469 e. The van der Waals surface area contributed by atoms with E-state index in [1.54, 1.807) is 0 Å². The van der Waals surface area contributed by atoms with Crippen molar-refractivity contribution in [3.8, 4) is 11.3 Å². The van der Waals surface area contributed by atoms with Crippen molar-refractivity contribution in [2.24, 2.45) is 5.92 Å². The zero-order valence-electron chi connectivity index (χ0n) is 16.0. The Bertz CT molecular complexity index is 986. The third-order valence-corrected chi connectivity index (χ3v) is 5.54. The summed E-state index contributed by atoms with van der Waals surface area (Å²) in [5, 5.41) is 0.954. The average molecular weight is 376 g/mol. The summed E-state index contributed by atoms with van der Waals surface area (Å²) < 4.78 is 4.85. The second-order valence-electron chi connectivity index (χ2n) is 7.28. The molecule has 0 unspecified atom stereocenters. The number of carbonyl (C=O) groups excluding carboxylic acids is 2. The van der Waals surface area contributed by atoms with Crippen molar-refractivity contribution in [2.45, 2.75) is 12.8 Å². The molecule has 0 atom stereocenters. The van der Waals surface area contributed by atoms with Crippen molar-refractivity contribution in [3.63, 3.8) is 0 Å². The van der Waals surface area contributed by atoms with Gasteiger partial charge in [0.05, 0.1) is 30.8 Å². The molecule has 144 valence electrons. The van der Waals surface area contributed by atoms with Crippen LogP contribution in [0.15, 0.2) is 54.6 Å². The third kappa shape index (κ3) is 3.58. The zero-order chi connectivity index (χ0) is 19.5. The second kappa shape index (κ2) is 7.98. The highest BCUT2D eigenvalue weighted by atomic mass is 16.5. The molecule has 2 aromatic carbocycles. The molecule has 1 saturated heterocycles. The van der Waals surface area contributed by atoms with Gasteiger partial charge in [-0.25, -0.2) is 0 Å². The molecule has 0 bridgehead atoms. The maximum atomic E-state index is 13.3. The number of hydrogen-bond acceptors (Lipinski definition) is 4. The number of methoxy groups -OCH3 is 1. The number of esters is 1. The first-order valence-corrected chi connectivity index (χ1v) is 9.67. The predicted octanol–water partition coefficient (Wildman–Crippen LogP) is 3.90. The summed E-state index contributed by atoms with van der Waals surface area (Å²) in [6.45, 7) is 1.82. The molecule has 1 aliphatic heterocycles. The Morgan fingerprint density at radius 2 is 1.71 bits per heavy atom. The minimum absolute atomic E-state index is 0.0516. The number of piperidine rings is 1. The molecule has 2 heterocycles. The van der Waals surface area contributed by atoms with Gasteiger partial charge in [-0.2, -0.15) is 0 Å². The van der Waals surface area contributed by atoms with Crippen LogP contribution < -0.4 is 0 Å². The molecule has 0 amide bonds. The van der Waals surface area contributed by atoms with E-state index in [1.807, 2.05) is 54.6 Å². The van der Waals surface area contributed by atoms with Gasteiger partial charge < -0.3 is 9.72 Å². The standard InChI is InChI=1S/C23H24N2O3/c1-28-23(27)17-11-13-25(14-12-17)15-20(26)21-18-9-5-6-10-19(18)24-22(21)16-7-3-2-4-8-16/h2-10,17,24H,11-15H2,1H3. The molecule has 0 saturated carbocycles. The molecule has 5 heteroatoms. The van der Waals surface area contributed by atoms with Gasteiger partial charge in [0, 0.05) is 10.9 Å². The van der Waals surface area contributed by atoms with Gasteiger partial charge in [-0.1, -0.05) is 48.5 Å². The number of rotatable bonds is 5. The maximum Gasteiger partial charge on any atom is 0.308 e. The van der Waals surface area contributed by atoms with Crippen LogP contribution in [0.4, 0.5) is 0 Å². The van der Waals surface area contributed by atoms with Gasteiger partial charge >= 0.3 is 5.97 Å². The van der Waals surface area contributed by atoms with Gasteiger partial charge in [0.25, 0.3) is 0 Å². The number of fused-ring (bicyclic) bond motifs is 1. The van der Waals surface area contributed by atoms with Crippen molar-refractivity contribution in [1.29, 1.82) is 0 Å². The highest BCUT2D eigenvalue weighted by Gasteiger charge is 2.28. The summed E-state index contributed by atoms with van der Waals surface area (Å²) in [4.78, 5) is 30.6. The molecular weight excluding hydrogens is 352 g/mol. The number of aromatic nitrogens is 1. The molecule has 1 N–H and O–H groups in total. The lowest BCUT2D eigenvalue weighted by atomic mass is 9.96. The molecule has 3 aromatic rings. The number of nitrogens with zero attached hydrogens (tertiary/aromatic N) is 1. The Morgan fingerprint density at radius 3 is 2.43 bits per heavy atom. The Kier molecular flexibility index (Phi) is 5.26. The fraction of sp³-hybridized carbons (Fsp3) is 0.304. The predicted molar refractivity (Wildman–Crippen MR) is 109 cm³/mol. The molecule has 0 spiro atoms. The normalized spacial score (nSPS) is 15.6. The highest BCUT2D eigenvalue weighted by Crippen LogP contribution is 2.31.